The van der Waals surface area contributed by atoms with Gasteiger partial charge in [0.15, 0.2) is 5.82 Å². The number of nitrogens with zero attached hydrogens (tertiary/aromatic N) is 5. The zero-order valence-corrected chi connectivity index (χ0v) is 18.1. The molecule has 0 aliphatic carbocycles. The summed E-state index contributed by atoms with van der Waals surface area (Å²) in [4.78, 5) is 14.7. The van der Waals surface area contributed by atoms with Crippen LogP contribution in [0.5, 0.6) is 0 Å². The van der Waals surface area contributed by atoms with Crippen molar-refractivity contribution in [3.8, 4) is 17.5 Å². The molecular formula is C20H19BrN6OS. The number of amides is 1. The summed E-state index contributed by atoms with van der Waals surface area (Å²) in [6.45, 7) is 2.11. The Morgan fingerprint density at radius 1 is 1.24 bits per heavy atom. The van der Waals surface area contributed by atoms with Crippen molar-refractivity contribution in [2.75, 3.05) is 17.3 Å². The minimum absolute atomic E-state index is 0.123. The molecule has 148 valence electrons. The van der Waals surface area contributed by atoms with Gasteiger partial charge >= 0.3 is 0 Å². The number of aromatic nitrogens is 3. The van der Waals surface area contributed by atoms with Gasteiger partial charge in [-0.3, -0.25) is 4.79 Å². The van der Waals surface area contributed by atoms with Gasteiger partial charge in [0, 0.05) is 22.3 Å². The summed E-state index contributed by atoms with van der Waals surface area (Å²) in [7, 11) is 0. The van der Waals surface area contributed by atoms with E-state index < -0.39 is 5.25 Å². The molecule has 7 nitrogen and oxygen atoms in total. The average Bonchev–Trinajstić information content (AvgIpc) is 3.09. The van der Waals surface area contributed by atoms with Crippen LogP contribution in [0.3, 0.4) is 0 Å². The third-order valence-corrected chi connectivity index (χ3v) is 5.93. The fourth-order valence-electron chi connectivity index (χ4n) is 2.75. The van der Waals surface area contributed by atoms with Gasteiger partial charge in [0.25, 0.3) is 0 Å². The fraction of sp³-hybridized carbons (Fsp3) is 0.200. The molecule has 0 aliphatic heterocycles. The number of nitriles is 1. The van der Waals surface area contributed by atoms with E-state index in [1.54, 1.807) is 11.8 Å². The molecule has 0 saturated heterocycles. The van der Waals surface area contributed by atoms with Crippen molar-refractivity contribution in [1.29, 1.82) is 5.26 Å². The molecule has 9 heteroatoms. The van der Waals surface area contributed by atoms with E-state index in [1.807, 2.05) is 54.6 Å². The first kappa shape index (κ1) is 20.9. The first-order valence-electron chi connectivity index (χ1n) is 8.88. The number of nitrogens with two attached hydrogens (primary N) is 1. The quantitative estimate of drug-likeness (QED) is 0.415. The summed E-state index contributed by atoms with van der Waals surface area (Å²) in [6, 6.07) is 19.0. The summed E-state index contributed by atoms with van der Waals surface area (Å²) in [5.41, 5.74) is 1.57. The lowest BCUT2D eigenvalue weighted by molar-refractivity contribution is -0.117. The lowest BCUT2D eigenvalue weighted by Gasteiger charge is -2.24. The Labute approximate surface area is 181 Å². The third kappa shape index (κ3) is 4.78. The van der Waals surface area contributed by atoms with Gasteiger partial charge in [-0.05, 0) is 31.2 Å². The number of benzene rings is 2. The van der Waals surface area contributed by atoms with Gasteiger partial charge in [0.05, 0.1) is 17.7 Å². The van der Waals surface area contributed by atoms with Gasteiger partial charge in [-0.2, -0.15) is 5.26 Å². The van der Waals surface area contributed by atoms with E-state index in [9.17, 15) is 4.79 Å². The zero-order valence-electron chi connectivity index (χ0n) is 15.7. The van der Waals surface area contributed by atoms with E-state index in [2.05, 4.69) is 32.2 Å². The molecule has 0 bridgehead atoms. The number of carbonyl (C=O) groups excluding carboxylic acids is 1. The Hall–Kier alpha value is -2.83. The molecule has 2 N–H and O–H groups in total. The van der Waals surface area contributed by atoms with Crippen LogP contribution in [0.4, 0.5) is 5.69 Å². The van der Waals surface area contributed by atoms with Gasteiger partial charge < -0.3 is 10.7 Å². The number of halogens is 1. The van der Waals surface area contributed by atoms with Gasteiger partial charge in [-0.15, -0.1) is 10.2 Å². The van der Waals surface area contributed by atoms with E-state index in [0.717, 1.165) is 15.7 Å². The predicted molar refractivity (Wildman–Crippen MR) is 118 cm³/mol. The van der Waals surface area contributed by atoms with Crippen molar-refractivity contribution in [2.24, 2.45) is 0 Å². The van der Waals surface area contributed by atoms with Crippen molar-refractivity contribution < 1.29 is 4.79 Å². The van der Waals surface area contributed by atoms with Gasteiger partial charge in [0.2, 0.25) is 11.1 Å². The first-order valence-corrected chi connectivity index (χ1v) is 10.6. The largest absolute Gasteiger partial charge is 0.335 e. The lowest BCUT2D eigenvalue weighted by Crippen LogP contribution is -2.37. The number of hydrogen-bond donors (Lipinski definition) is 1. The zero-order chi connectivity index (χ0) is 20.8. The van der Waals surface area contributed by atoms with Crippen molar-refractivity contribution in [2.45, 2.75) is 23.8 Å². The predicted octanol–water partition coefficient (Wildman–Crippen LogP) is 3.85. The number of anilines is 1. The van der Waals surface area contributed by atoms with Crippen LogP contribution in [-0.2, 0) is 4.79 Å². The normalized spacial score (nSPS) is 11.6. The summed E-state index contributed by atoms with van der Waals surface area (Å²) in [6.07, 6.45) is 0.247. The minimum Gasteiger partial charge on any atom is -0.335 e. The molecule has 2 aromatic carbocycles. The Kier molecular flexibility index (Phi) is 6.90. The molecule has 1 atom stereocenters. The highest BCUT2D eigenvalue weighted by Crippen LogP contribution is 2.30. The smallest absolute Gasteiger partial charge is 0.240 e. The number of hydrogen-bond acceptors (Lipinski definition) is 6. The summed E-state index contributed by atoms with van der Waals surface area (Å²) in [5, 5.41) is 17.3. The summed E-state index contributed by atoms with van der Waals surface area (Å²) in [5.74, 6) is 6.58. The third-order valence-electron chi connectivity index (χ3n) is 4.19. The van der Waals surface area contributed by atoms with Crippen molar-refractivity contribution in [3.05, 3.63) is 59.1 Å². The molecule has 29 heavy (non-hydrogen) atoms. The standard InChI is InChI=1S/C20H19BrN6OS/c1-14(19(28)26(13-7-12-22)15-8-3-2-4-9-15)29-20-25-24-18(27(20)23)16-10-5-6-11-17(16)21/h2-6,8-11,14H,7,13,23H2,1H3/t14-/m1/s1. The van der Waals surface area contributed by atoms with Crippen LogP contribution < -0.4 is 10.7 Å². The van der Waals surface area contributed by atoms with E-state index in [-0.39, 0.29) is 12.3 Å². The fourth-order valence-corrected chi connectivity index (χ4v) is 4.04. The van der Waals surface area contributed by atoms with Gasteiger partial charge in [-0.25, -0.2) is 4.68 Å². The molecule has 1 amide bonds. The SMILES string of the molecule is C[C@@H](Sc1nnc(-c2ccccc2Br)n1N)C(=O)N(CCC#N)c1ccccc1. The maximum atomic E-state index is 13.1. The maximum absolute atomic E-state index is 13.1. The molecular weight excluding hydrogens is 452 g/mol. The molecule has 0 unspecified atom stereocenters. The molecule has 0 saturated carbocycles. The molecule has 1 heterocycles. The molecule has 0 spiro atoms. The van der Waals surface area contributed by atoms with Crippen LogP contribution in [0.2, 0.25) is 0 Å². The summed E-state index contributed by atoms with van der Waals surface area (Å²) < 4.78 is 2.24. The highest BCUT2D eigenvalue weighted by molar-refractivity contribution is 9.10. The van der Waals surface area contributed by atoms with Crippen LogP contribution >= 0.6 is 27.7 Å². The second kappa shape index (κ2) is 9.58. The Balaban J connectivity index is 1.80. The second-order valence-corrected chi connectivity index (χ2v) is 8.31. The molecule has 1 aromatic heterocycles. The van der Waals surface area contributed by atoms with E-state index in [0.29, 0.717) is 17.5 Å². The van der Waals surface area contributed by atoms with Gasteiger partial charge in [-0.1, -0.05) is 58.0 Å². The molecule has 0 radical (unpaired) electrons. The van der Waals surface area contributed by atoms with E-state index >= 15 is 0 Å². The van der Waals surface area contributed by atoms with Crippen LogP contribution in [0.1, 0.15) is 13.3 Å². The first-order chi connectivity index (χ1) is 14.0. The molecule has 3 rings (SSSR count). The maximum Gasteiger partial charge on any atom is 0.240 e. The highest BCUT2D eigenvalue weighted by atomic mass is 79.9. The Bertz CT molecular complexity index is 1030. The molecule has 0 aliphatic rings. The van der Waals surface area contributed by atoms with Crippen molar-refractivity contribution in [3.63, 3.8) is 0 Å². The van der Waals surface area contributed by atoms with Crippen molar-refractivity contribution in [1.82, 2.24) is 14.9 Å². The Morgan fingerprint density at radius 2 is 1.93 bits per heavy atom. The second-order valence-electron chi connectivity index (χ2n) is 6.15. The number of nitrogen functional groups attached to an aromatic ring is 1. The van der Waals surface area contributed by atoms with Crippen LogP contribution in [0.15, 0.2) is 64.2 Å². The number of carbonyl (C=O) groups is 1. The number of rotatable bonds is 7. The molecule has 0 fully saturated rings. The van der Waals surface area contributed by atoms with Gasteiger partial charge in [0.1, 0.15) is 0 Å². The van der Waals surface area contributed by atoms with Crippen LogP contribution in [0, 0.1) is 11.3 Å². The highest BCUT2D eigenvalue weighted by Gasteiger charge is 2.25. The summed E-state index contributed by atoms with van der Waals surface area (Å²) >= 11 is 4.72. The average molecular weight is 471 g/mol. The lowest BCUT2D eigenvalue weighted by atomic mass is 10.2. The monoisotopic (exact) mass is 470 g/mol. The number of para-hydroxylation sites is 1. The Morgan fingerprint density at radius 3 is 2.62 bits per heavy atom. The molecule has 3 aromatic rings. The number of thioether (sulfide) groups is 1. The topological polar surface area (TPSA) is 101 Å². The minimum atomic E-state index is -0.465. The van der Waals surface area contributed by atoms with Crippen LogP contribution in [0.25, 0.3) is 11.4 Å². The van der Waals surface area contributed by atoms with Crippen molar-refractivity contribution >= 4 is 39.3 Å². The van der Waals surface area contributed by atoms with Crippen LogP contribution in [-0.4, -0.2) is 32.6 Å². The van der Waals surface area contributed by atoms with E-state index in [4.69, 9.17) is 11.1 Å². The van der Waals surface area contributed by atoms with E-state index in [1.165, 1.54) is 16.4 Å².